The highest BCUT2D eigenvalue weighted by molar-refractivity contribution is 6.76. The molecule has 0 radical (unpaired) electrons. The molecule has 1 rings (SSSR count). The second kappa shape index (κ2) is 7.38. The van der Waals surface area contributed by atoms with Crippen LogP contribution in [0.25, 0.3) is 0 Å². The van der Waals surface area contributed by atoms with Crippen molar-refractivity contribution in [1.82, 2.24) is 5.06 Å². The van der Waals surface area contributed by atoms with Gasteiger partial charge in [0.15, 0.2) is 5.72 Å². The summed E-state index contributed by atoms with van der Waals surface area (Å²) in [6.45, 7) is 7.09. The summed E-state index contributed by atoms with van der Waals surface area (Å²) < 4.78 is 0. The van der Waals surface area contributed by atoms with E-state index in [0.29, 0.717) is 19.3 Å². The molecule has 1 N–H and O–H groups in total. The van der Waals surface area contributed by atoms with Crippen LogP contribution in [0.15, 0.2) is 12.2 Å². The zero-order valence-corrected chi connectivity index (χ0v) is 14.3. The highest BCUT2D eigenvalue weighted by Crippen LogP contribution is 2.32. The van der Waals surface area contributed by atoms with Crippen molar-refractivity contribution in [3.63, 3.8) is 0 Å². The summed E-state index contributed by atoms with van der Waals surface area (Å²) in [5, 5.41) is 11.5. The van der Waals surface area contributed by atoms with Gasteiger partial charge in [-0.05, 0) is 31.7 Å². The van der Waals surface area contributed by atoms with Gasteiger partial charge < -0.3 is 5.11 Å². The zero-order chi connectivity index (χ0) is 15.2. The Labute approximate surface area is 123 Å². The summed E-state index contributed by atoms with van der Waals surface area (Å²) >= 11 is 0. The maximum absolute atomic E-state index is 11.5. The SMILES string of the molecule is CON1C(=O)CCC1(O)CCCCC=CC[Si](C)(C)C. The minimum absolute atomic E-state index is 0.120. The fourth-order valence-corrected chi connectivity index (χ4v) is 3.34. The molecule has 1 atom stereocenters. The van der Waals surface area contributed by atoms with Crippen molar-refractivity contribution in [1.29, 1.82) is 0 Å². The van der Waals surface area contributed by atoms with E-state index in [2.05, 4.69) is 31.8 Å². The van der Waals surface area contributed by atoms with E-state index < -0.39 is 13.8 Å². The Kier molecular flexibility index (Phi) is 6.42. The van der Waals surface area contributed by atoms with Crippen molar-refractivity contribution >= 4 is 14.0 Å². The van der Waals surface area contributed by atoms with Crippen molar-refractivity contribution in [2.24, 2.45) is 0 Å². The summed E-state index contributed by atoms with van der Waals surface area (Å²) in [5.41, 5.74) is -1.09. The summed E-state index contributed by atoms with van der Waals surface area (Å²) in [6.07, 6.45) is 8.97. The fourth-order valence-electron chi connectivity index (χ4n) is 2.47. The Bertz CT molecular complexity index is 352. The van der Waals surface area contributed by atoms with E-state index >= 15 is 0 Å². The Morgan fingerprint density at radius 1 is 1.35 bits per heavy atom. The van der Waals surface area contributed by atoms with Gasteiger partial charge in [0.1, 0.15) is 0 Å². The molecule has 5 heteroatoms. The predicted molar refractivity (Wildman–Crippen MR) is 83.8 cm³/mol. The highest BCUT2D eigenvalue weighted by atomic mass is 28.3. The van der Waals surface area contributed by atoms with E-state index in [0.717, 1.165) is 24.3 Å². The third-order valence-electron chi connectivity index (χ3n) is 3.62. The Hall–Kier alpha value is -0.653. The van der Waals surface area contributed by atoms with Crippen LogP contribution in [0.2, 0.25) is 25.7 Å². The molecule has 116 valence electrons. The lowest BCUT2D eigenvalue weighted by Gasteiger charge is -2.31. The molecule has 1 heterocycles. The molecule has 20 heavy (non-hydrogen) atoms. The summed E-state index contributed by atoms with van der Waals surface area (Å²) in [7, 11) is 0.470. The highest BCUT2D eigenvalue weighted by Gasteiger charge is 2.44. The lowest BCUT2D eigenvalue weighted by Crippen LogP contribution is -2.44. The number of unbranched alkanes of at least 4 members (excludes halogenated alkanes) is 2. The van der Waals surface area contributed by atoms with Crippen molar-refractivity contribution in [3.8, 4) is 0 Å². The number of rotatable bonds is 8. The lowest BCUT2D eigenvalue weighted by molar-refractivity contribution is -0.252. The standard InChI is InChI=1S/C15H29NO3Si/c1-19-16-14(17)10-12-15(16,18)11-8-6-5-7-9-13-20(2,3)4/h7,9,18H,5-6,8,10-13H2,1-4H3. The molecule has 0 spiro atoms. The molecule has 1 aliphatic heterocycles. The zero-order valence-electron chi connectivity index (χ0n) is 13.3. The number of hydroxylamine groups is 2. The maximum atomic E-state index is 11.5. The van der Waals surface area contributed by atoms with Crippen LogP contribution in [0.4, 0.5) is 0 Å². The Morgan fingerprint density at radius 2 is 2.05 bits per heavy atom. The third-order valence-corrected chi connectivity index (χ3v) is 5.08. The van der Waals surface area contributed by atoms with Crippen molar-refractivity contribution in [2.75, 3.05) is 7.11 Å². The van der Waals surface area contributed by atoms with E-state index in [9.17, 15) is 9.90 Å². The van der Waals surface area contributed by atoms with Gasteiger partial charge in [0, 0.05) is 20.9 Å². The number of allylic oxidation sites excluding steroid dienone is 2. The van der Waals surface area contributed by atoms with Gasteiger partial charge in [-0.3, -0.25) is 9.63 Å². The molecule has 4 nitrogen and oxygen atoms in total. The average molecular weight is 299 g/mol. The second-order valence-corrected chi connectivity index (χ2v) is 12.4. The molecular formula is C15H29NO3Si. The van der Waals surface area contributed by atoms with Gasteiger partial charge in [0.05, 0.1) is 7.11 Å². The minimum atomic E-state index is -1.09. The van der Waals surface area contributed by atoms with E-state index in [4.69, 9.17) is 4.84 Å². The molecule has 1 saturated heterocycles. The van der Waals surface area contributed by atoms with E-state index in [1.54, 1.807) is 0 Å². The van der Waals surface area contributed by atoms with Crippen molar-refractivity contribution in [2.45, 2.75) is 69.9 Å². The average Bonchev–Trinajstić information content (AvgIpc) is 2.62. The number of carbonyl (C=O) groups is 1. The molecule has 0 aromatic carbocycles. The third kappa shape index (κ3) is 5.38. The van der Waals surface area contributed by atoms with Gasteiger partial charge in [-0.1, -0.05) is 31.8 Å². The van der Waals surface area contributed by atoms with Gasteiger partial charge in [0.25, 0.3) is 0 Å². The van der Waals surface area contributed by atoms with Crippen LogP contribution < -0.4 is 0 Å². The summed E-state index contributed by atoms with van der Waals surface area (Å²) in [5.74, 6) is -0.120. The van der Waals surface area contributed by atoms with Gasteiger partial charge >= 0.3 is 0 Å². The molecule has 1 unspecified atom stereocenters. The second-order valence-electron chi connectivity index (χ2n) is 6.84. The smallest absolute Gasteiger partial charge is 0.249 e. The van der Waals surface area contributed by atoms with Crippen LogP contribution in [-0.2, 0) is 9.63 Å². The normalized spacial score (nSPS) is 24.1. The van der Waals surface area contributed by atoms with Crippen LogP contribution >= 0.6 is 0 Å². The maximum Gasteiger partial charge on any atom is 0.249 e. The van der Waals surface area contributed by atoms with E-state index in [1.807, 2.05) is 0 Å². The van der Waals surface area contributed by atoms with Crippen LogP contribution in [0.3, 0.4) is 0 Å². The first-order chi connectivity index (χ1) is 9.28. The first-order valence-electron chi connectivity index (χ1n) is 7.53. The van der Waals surface area contributed by atoms with Gasteiger partial charge in [-0.2, -0.15) is 5.06 Å². The van der Waals surface area contributed by atoms with Crippen LogP contribution in [0.5, 0.6) is 0 Å². The molecule has 1 aliphatic rings. The molecule has 1 fully saturated rings. The molecule has 0 saturated carbocycles. The monoisotopic (exact) mass is 299 g/mol. The van der Waals surface area contributed by atoms with Crippen molar-refractivity contribution < 1.29 is 14.7 Å². The molecular weight excluding hydrogens is 270 g/mol. The van der Waals surface area contributed by atoms with Gasteiger partial charge in [-0.25, -0.2) is 0 Å². The van der Waals surface area contributed by atoms with E-state index in [1.165, 1.54) is 13.2 Å². The number of carbonyl (C=O) groups excluding carboxylic acids is 1. The molecule has 0 aliphatic carbocycles. The summed E-state index contributed by atoms with van der Waals surface area (Å²) in [4.78, 5) is 16.5. The Balaban J connectivity index is 2.23. The number of amides is 1. The first-order valence-corrected chi connectivity index (χ1v) is 11.2. The van der Waals surface area contributed by atoms with Gasteiger partial charge in [0.2, 0.25) is 5.91 Å². The molecule has 0 aromatic heterocycles. The topological polar surface area (TPSA) is 49.8 Å². The number of hydrogen-bond acceptors (Lipinski definition) is 3. The van der Waals surface area contributed by atoms with Crippen molar-refractivity contribution in [3.05, 3.63) is 12.2 Å². The Morgan fingerprint density at radius 3 is 2.65 bits per heavy atom. The first kappa shape index (κ1) is 17.4. The van der Waals surface area contributed by atoms with Gasteiger partial charge in [-0.15, -0.1) is 0 Å². The molecule has 0 bridgehead atoms. The predicted octanol–water partition coefficient (Wildman–Crippen LogP) is 3.31. The largest absolute Gasteiger partial charge is 0.369 e. The quantitative estimate of drug-likeness (QED) is 0.425. The minimum Gasteiger partial charge on any atom is -0.369 e. The fraction of sp³-hybridized carbons (Fsp3) is 0.800. The van der Waals surface area contributed by atoms with Crippen LogP contribution in [0, 0.1) is 0 Å². The van der Waals surface area contributed by atoms with Crippen LogP contribution in [0.1, 0.15) is 38.5 Å². The lowest BCUT2D eigenvalue weighted by atomic mass is 10.0. The molecule has 1 amide bonds. The summed E-state index contributed by atoms with van der Waals surface area (Å²) in [6, 6.07) is 1.23. The number of nitrogens with zero attached hydrogens (tertiary/aromatic N) is 1. The number of hydrogen-bond donors (Lipinski definition) is 1. The number of aliphatic hydroxyl groups is 1. The molecule has 0 aromatic rings. The van der Waals surface area contributed by atoms with Crippen LogP contribution in [-0.4, -0.2) is 37.0 Å². The van der Waals surface area contributed by atoms with E-state index in [-0.39, 0.29) is 5.91 Å².